The van der Waals surface area contributed by atoms with Gasteiger partial charge in [-0.15, -0.1) is 0 Å². The van der Waals surface area contributed by atoms with Crippen LogP contribution in [0.25, 0.3) is 10.9 Å². The van der Waals surface area contributed by atoms with Gasteiger partial charge in [-0.2, -0.15) is 0 Å². The largest absolute Gasteiger partial charge is 0.321 e. The van der Waals surface area contributed by atoms with E-state index in [0.29, 0.717) is 18.5 Å². The van der Waals surface area contributed by atoms with E-state index in [0.717, 1.165) is 34.0 Å². The average molecular weight is 383 g/mol. The molecule has 0 aliphatic heterocycles. The van der Waals surface area contributed by atoms with Crippen molar-refractivity contribution in [2.75, 3.05) is 18.1 Å². The number of rotatable bonds is 6. The molecule has 7 heteroatoms. The van der Waals surface area contributed by atoms with Gasteiger partial charge in [0.1, 0.15) is 0 Å². The number of sulfonamides is 1. The number of carbonyl (C=O) groups excluding carboxylic acids is 1. The first-order valence-electron chi connectivity index (χ1n) is 8.53. The summed E-state index contributed by atoms with van der Waals surface area (Å²) >= 11 is 0. The van der Waals surface area contributed by atoms with Gasteiger partial charge in [0, 0.05) is 23.7 Å². The van der Waals surface area contributed by atoms with Crippen molar-refractivity contribution in [3.63, 3.8) is 0 Å². The number of aryl methyl sites for hydroxylation is 1. The van der Waals surface area contributed by atoms with Gasteiger partial charge in [-0.1, -0.05) is 18.2 Å². The number of nitrogens with zero attached hydrogens (tertiary/aromatic N) is 1. The van der Waals surface area contributed by atoms with Crippen LogP contribution >= 0.6 is 0 Å². The predicted octanol–water partition coefficient (Wildman–Crippen LogP) is 2.89. The van der Waals surface area contributed by atoms with Gasteiger partial charge in [0.25, 0.3) is 5.91 Å². The summed E-state index contributed by atoms with van der Waals surface area (Å²) in [6.45, 7) is 2.31. The number of fused-ring (bicyclic) bond motifs is 1. The Bertz CT molecular complexity index is 1080. The molecule has 2 aromatic carbocycles. The van der Waals surface area contributed by atoms with Gasteiger partial charge in [0.05, 0.1) is 17.5 Å². The number of anilines is 1. The molecule has 0 unspecified atom stereocenters. The van der Waals surface area contributed by atoms with E-state index in [9.17, 15) is 13.2 Å². The van der Waals surface area contributed by atoms with Gasteiger partial charge in [0.2, 0.25) is 10.0 Å². The van der Waals surface area contributed by atoms with Crippen LogP contribution in [-0.4, -0.2) is 32.1 Å². The van der Waals surface area contributed by atoms with Crippen molar-refractivity contribution in [2.45, 2.75) is 13.3 Å². The monoisotopic (exact) mass is 383 g/mol. The van der Waals surface area contributed by atoms with E-state index < -0.39 is 10.0 Å². The van der Waals surface area contributed by atoms with Crippen molar-refractivity contribution < 1.29 is 13.2 Å². The number of amides is 1. The number of pyridine rings is 1. The van der Waals surface area contributed by atoms with E-state index in [-0.39, 0.29) is 5.91 Å². The molecule has 0 fully saturated rings. The minimum Gasteiger partial charge on any atom is -0.321 e. The van der Waals surface area contributed by atoms with Crippen molar-refractivity contribution in [2.24, 2.45) is 0 Å². The minimum absolute atomic E-state index is 0.204. The van der Waals surface area contributed by atoms with Crippen LogP contribution in [0.5, 0.6) is 0 Å². The summed E-state index contributed by atoms with van der Waals surface area (Å²) in [4.78, 5) is 17.0. The molecule has 140 valence electrons. The number of aromatic nitrogens is 1. The quantitative estimate of drug-likeness (QED) is 0.685. The van der Waals surface area contributed by atoms with Crippen LogP contribution in [-0.2, 0) is 16.4 Å². The Kier molecular flexibility index (Phi) is 5.53. The van der Waals surface area contributed by atoms with Crippen LogP contribution < -0.4 is 10.0 Å². The van der Waals surface area contributed by atoms with Crippen molar-refractivity contribution in [3.8, 4) is 0 Å². The zero-order valence-electron chi connectivity index (χ0n) is 15.2. The highest BCUT2D eigenvalue weighted by Gasteiger charge is 2.10. The number of nitrogens with one attached hydrogen (secondary N) is 2. The normalized spacial score (nSPS) is 11.5. The molecular weight excluding hydrogens is 362 g/mol. The molecule has 0 radical (unpaired) electrons. The highest BCUT2D eigenvalue weighted by atomic mass is 32.2. The SMILES string of the molecule is Cc1ccc(NC(=O)c2ccc(CCNS(C)(=O)=O)cc2)c2cccnc12. The molecule has 6 nitrogen and oxygen atoms in total. The number of hydrogen-bond acceptors (Lipinski definition) is 4. The van der Waals surface area contributed by atoms with Crippen molar-refractivity contribution in [1.29, 1.82) is 0 Å². The molecule has 0 bridgehead atoms. The Morgan fingerprint density at radius 1 is 1.07 bits per heavy atom. The van der Waals surface area contributed by atoms with Crippen LogP contribution in [0.1, 0.15) is 21.5 Å². The summed E-state index contributed by atoms with van der Waals surface area (Å²) < 4.78 is 24.6. The third kappa shape index (κ3) is 4.90. The fourth-order valence-corrected chi connectivity index (χ4v) is 3.29. The maximum absolute atomic E-state index is 12.6. The Morgan fingerprint density at radius 2 is 1.81 bits per heavy atom. The summed E-state index contributed by atoms with van der Waals surface area (Å²) in [5, 5.41) is 3.84. The maximum Gasteiger partial charge on any atom is 0.255 e. The summed E-state index contributed by atoms with van der Waals surface area (Å²) in [5.41, 5.74) is 4.12. The number of benzene rings is 2. The van der Waals surface area contributed by atoms with Gasteiger partial charge in [-0.05, 0) is 54.8 Å². The Labute approximate surface area is 158 Å². The molecule has 1 aromatic heterocycles. The van der Waals surface area contributed by atoms with E-state index in [2.05, 4.69) is 15.0 Å². The molecule has 1 amide bonds. The molecule has 3 rings (SSSR count). The first-order valence-corrected chi connectivity index (χ1v) is 10.4. The smallest absolute Gasteiger partial charge is 0.255 e. The van der Waals surface area contributed by atoms with Crippen molar-refractivity contribution >= 4 is 32.5 Å². The summed E-state index contributed by atoms with van der Waals surface area (Å²) in [7, 11) is -3.19. The lowest BCUT2D eigenvalue weighted by atomic mass is 10.1. The molecule has 0 saturated heterocycles. The fourth-order valence-electron chi connectivity index (χ4n) is 2.82. The van der Waals surface area contributed by atoms with Crippen LogP contribution in [0.2, 0.25) is 0 Å². The standard InChI is InChI=1S/C20H21N3O3S/c1-14-5-10-18(17-4-3-12-21-19(14)17)23-20(24)16-8-6-15(7-9-16)11-13-22-27(2,25)26/h3-10,12,22H,11,13H2,1-2H3,(H,23,24). The molecule has 0 spiro atoms. The maximum atomic E-state index is 12.6. The number of carbonyl (C=O) groups is 1. The van der Waals surface area contributed by atoms with Crippen LogP contribution in [0.15, 0.2) is 54.7 Å². The molecule has 0 saturated carbocycles. The summed E-state index contributed by atoms with van der Waals surface area (Å²) in [6.07, 6.45) is 3.42. The van der Waals surface area contributed by atoms with Gasteiger partial charge in [-0.3, -0.25) is 9.78 Å². The average Bonchev–Trinajstić information content (AvgIpc) is 2.64. The summed E-state index contributed by atoms with van der Waals surface area (Å²) in [5.74, 6) is -0.204. The van der Waals surface area contributed by atoms with E-state index >= 15 is 0 Å². The highest BCUT2D eigenvalue weighted by Crippen LogP contribution is 2.25. The molecule has 0 aliphatic rings. The lowest BCUT2D eigenvalue weighted by Crippen LogP contribution is -2.24. The zero-order valence-corrected chi connectivity index (χ0v) is 16.0. The lowest BCUT2D eigenvalue weighted by Gasteiger charge is -2.10. The fraction of sp³-hybridized carbons (Fsp3) is 0.200. The van der Waals surface area contributed by atoms with Crippen LogP contribution in [0.4, 0.5) is 5.69 Å². The molecule has 0 atom stereocenters. The molecular formula is C20H21N3O3S. The third-order valence-electron chi connectivity index (χ3n) is 4.21. The lowest BCUT2D eigenvalue weighted by molar-refractivity contribution is 0.102. The van der Waals surface area contributed by atoms with Crippen molar-refractivity contribution in [3.05, 3.63) is 71.4 Å². The van der Waals surface area contributed by atoms with E-state index in [4.69, 9.17) is 0 Å². The molecule has 27 heavy (non-hydrogen) atoms. The van der Waals surface area contributed by atoms with Crippen LogP contribution in [0, 0.1) is 6.92 Å². The Morgan fingerprint density at radius 3 is 2.52 bits per heavy atom. The van der Waals surface area contributed by atoms with Gasteiger partial charge in [0.15, 0.2) is 0 Å². The molecule has 3 aromatic rings. The second-order valence-electron chi connectivity index (χ2n) is 6.40. The van der Waals surface area contributed by atoms with Crippen LogP contribution in [0.3, 0.4) is 0 Å². The summed E-state index contributed by atoms with van der Waals surface area (Å²) in [6, 6.07) is 14.7. The van der Waals surface area contributed by atoms with Gasteiger partial charge in [-0.25, -0.2) is 13.1 Å². The molecule has 2 N–H and O–H groups in total. The van der Waals surface area contributed by atoms with Crippen molar-refractivity contribution in [1.82, 2.24) is 9.71 Å². The van der Waals surface area contributed by atoms with E-state index in [1.165, 1.54) is 0 Å². The Hall–Kier alpha value is -2.77. The van der Waals surface area contributed by atoms with E-state index in [1.54, 1.807) is 18.3 Å². The first kappa shape index (κ1) is 19.0. The topological polar surface area (TPSA) is 88.2 Å². The first-order chi connectivity index (χ1) is 12.8. The molecule has 0 aliphatic carbocycles. The Balaban J connectivity index is 1.71. The second-order valence-corrected chi connectivity index (χ2v) is 8.23. The predicted molar refractivity (Wildman–Crippen MR) is 107 cm³/mol. The number of hydrogen-bond donors (Lipinski definition) is 2. The second kappa shape index (κ2) is 7.85. The minimum atomic E-state index is -3.19. The third-order valence-corrected chi connectivity index (χ3v) is 4.94. The highest BCUT2D eigenvalue weighted by molar-refractivity contribution is 7.88. The molecule has 1 heterocycles. The zero-order chi connectivity index (χ0) is 19.4. The van der Waals surface area contributed by atoms with E-state index in [1.807, 2.05) is 43.3 Å². The van der Waals surface area contributed by atoms with Gasteiger partial charge >= 0.3 is 0 Å². The van der Waals surface area contributed by atoms with Gasteiger partial charge < -0.3 is 5.32 Å².